The highest BCUT2D eigenvalue weighted by atomic mass is 19.1. The maximum absolute atomic E-state index is 14.4. The number of terminal acetylenes is 1. The first-order chi connectivity index (χ1) is 14.3. The van der Waals surface area contributed by atoms with E-state index in [0.717, 1.165) is 5.56 Å². The molecule has 0 amide bonds. The molecule has 0 aliphatic heterocycles. The molecule has 3 rings (SSSR count). The monoisotopic (exact) mass is 403 g/mol. The third-order valence-electron chi connectivity index (χ3n) is 4.86. The van der Waals surface area contributed by atoms with E-state index in [2.05, 4.69) is 5.92 Å². The van der Waals surface area contributed by atoms with Crippen LogP contribution < -0.4 is 10.3 Å². The smallest absolute Gasteiger partial charge is 0.253 e. The van der Waals surface area contributed by atoms with Gasteiger partial charge < -0.3 is 9.30 Å². The minimum absolute atomic E-state index is 0.00368. The molecule has 0 spiro atoms. The Hall–Kier alpha value is -3.65. The van der Waals surface area contributed by atoms with Gasteiger partial charge >= 0.3 is 0 Å². The highest BCUT2D eigenvalue weighted by Crippen LogP contribution is 2.37. The number of carbonyl (C=O) groups excluding carboxylic acids is 1. The summed E-state index contributed by atoms with van der Waals surface area (Å²) in [7, 11) is 1.67. The zero-order valence-corrected chi connectivity index (χ0v) is 17.2. The summed E-state index contributed by atoms with van der Waals surface area (Å²) in [6.07, 6.45) is 7.50. The number of carbonyl (C=O) groups is 1. The molecule has 5 heteroatoms. The molecule has 0 aliphatic carbocycles. The minimum Gasteiger partial charge on any atom is -0.454 e. The number of rotatable bonds is 6. The van der Waals surface area contributed by atoms with Crippen LogP contribution in [0.4, 0.5) is 4.39 Å². The standard InChI is InChI=1S/C25H22FNO3/c1-5-17-13-19(15-27(4)25(17)29)24-18(14-20(28)6-2)8-7-9-23(24)30-22-11-10-16(3)12-21(22)26/h2,7-13,15H,5,14H2,1,3-4H3. The fourth-order valence-corrected chi connectivity index (χ4v) is 3.34. The van der Waals surface area contributed by atoms with E-state index < -0.39 is 5.82 Å². The molecular weight excluding hydrogens is 381 g/mol. The van der Waals surface area contributed by atoms with Gasteiger partial charge in [0.15, 0.2) is 11.6 Å². The minimum atomic E-state index is -0.485. The zero-order valence-electron chi connectivity index (χ0n) is 17.2. The van der Waals surface area contributed by atoms with E-state index in [1.165, 1.54) is 10.6 Å². The Morgan fingerprint density at radius 1 is 1.17 bits per heavy atom. The number of ether oxygens (including phenoxy) is 1. The van der Waals surface area contributed by atoms with Gasteiger partial charge in [-0.1, -0.05) is 25.1 Å². The van der Waals surface area contributed by atoms with E-state index >= 15 is 0 Å². The fraction of sp³-hybridized carbons (Fsp3) is 0.200. The van der Waals surface area contributed by atoms with Gasteiger partial charge in [0.05, 0.1) is 0 Å². The van der Waals surface area contributed by atoms with E-state index in [9.17, 15) is 14.0 Å². The number of aromatic nitrogens is 1. The number of hydrogen-bond donors (Lipinski definition) is 0. The summed E-state index contributed by atoms with van der Waals surface area (Å²) in [5.74, 6) is 1.71. The molecule has 2 aromatic carbocycles. The molecule has 0 radical (unpaired) electrons. The van der Waals surface area contributed by atoms with Crippen molar-refractivity contribution in [3.05, 3.63) is 81.5 Å². The summed E-state index contributed by atoms with van der Waals surface area (Å²) in [5, 5.41) is 0. The predicted octanol–water partition coefficient (Wildman–Crippen LogP) is 4.60. The lowest BCUT2D eigenvalue weighted by Crippen LogP contribution is -2.20. The summed E-state index contributed by atoms with van der Waals surface area (Å²) in [6.45, 7) is 3.69. The van der Waals surface area contributed by atoms with Crippen LogP contribution in [-0.4, -0.2) is 10.4 Å². The van der Waals surface area contributed by atoms with Gasteiger partial charge in [-0.2, -0.15) is 0 Å². The molecule has 1 heterocycles. The quantitative estimate of drug-likeness (QED) is 0.446. The lowest BCUT2D eigenvalue weighted by molar-refractivity contribution is -0.113. The molecule has 0 N–H and O–H groups in total. The average molecular weight is 403 g/mol. The predicted molar refractivity (Wildman–Crippen MR) is 115 cm³/mol. The van der Waals surface area contributed by atoms with Crippen LogP contribution in [0.5, 0.6) is 11.5 Å². The Bertz CT molecular complexity index is 1220. The van der Waals surface area contributed by atoms with Crippen LogP contribution >= 0.6 is 0 Å². The lowest BCUT2D eigenvalue weighted by Gasteiger charge is -2.17. The number of aryl methyl sites for hydroxylation is 3. The second-order valence-corrected chi connectivity index (χ2v) is 7.09. The molecule has 0 saturated carbocycles. The highest BCUT2D eigenvalue weighted by molar-refractivity contribution is 5.97. The Morgan fingerprint density at radius 3 is 2.60 bits per heavy atom. The first kappa shape index (κ1) is 21.1. The third-order valence-corrected chi connectivity index (χ3v) is 4.86. The third kappa shape index (κ3) is 4.33. The molecule has 3 aromatic rings. The van der Waals surface area contributed by atoms with Crippen LogP contribution in [0.3, 0.4) is 0 Å². The lowest BCUT2D eigenvalue weighted by atomic mass is 9.95. The van der Waals surface area contributed by atoms with Crippen molar-refractivity contribution in [3.63, 3.8) is 0 Å². The van der Waals surface area contributed by atoms with Crippen molar-refractivity contribution in [1.82, 2.24) is 4.57 Å². The van der Waals surface area contributed by atoms with Gasteiger partial charge in [0.1, 0.15) is 5.75 Å². The topological polar surface area (TPSA) is 48.3 Å². The maximum atomic E-state index is 14.4. The summed E-state index contributed by atoms with van der Waals surface area (Å²) in [6, 6.07) is 11.7. The van der Waals surface area contributed by atoms with E-state index in [0.29, 0.717) is 34.4 Å². The van der Waals surface area contributed by atoms with Crippen LogP contribution in [0.2, 0.25) is 0 Å². The van der Waals surface area contributed by atoms with Gasteiger partial charge in [0, 0.05) is 36.4 Å². The van der Waals surface area contributed by atoms with E-state index in [-0.39, 0.29) is 23.5 Å². The largest absolute Gasteiger partial charge is 0.454 e. The second kappa shape index (κ2) is 8.79. The molecular formula is C25H22FNO3. The SMILES string of the molecule is C#CC(=O)Cc1cccc(Oc2ccc(C)cc2F)c1-c1cc(CC)c(=O)n(C)c1. The Morgan fingerprint density at radius 2 is 1.93 bits per heavy atom. The molecule has 0 atom stereocenters. The molecule has 4 nitrogen and oxygen atoms in total. The number of halogens is 1. The van der Waals surface area contributed by atoms with Crippen LogP contribution in [0.1, 0.15) is 23.6 Å². The van der Waals surface area contributed by atoms with Gasteiger partial charge in [0.25, 0.3) is 5.56 Å². The molecule has 1 aromatic heterocycles. The highest BCUT2D eigenvalue weighted by Gasteiger charge is 2.18. The van der Waals surface area contributed by atoms with Gasteiger partial charge in [-0.3, -0.25) is 9.59 Å². The molecule has 0 bridgehead atoms. The Labute approximate surface area is 174 Å². The van der Waals surface area contributed by atoms with Crippen molar-refractivity contribution in [3.8, 4) is 35.0 Å². The Balaban J connectivity index is 2.22. The van der Waals surface area contributed by atoms with Crippen molar-refractivity contribution in [2.24, 2.45) is 7.05 Å². The molecule has 0 saturated heterocycles. The molecule has 0 fully saturated rings. The number of nitrogens with zero attached hydrogens (tertiary/aromatic N) is 1. The zero-order chi connectivity index (χ0) is 21.8. The van der Waals surface area contributed by atoms with Gasteiger partial charge in [0.2, 0.25) is 5.78 Å². The van der Waals surface area contributed by atoms with Crippen molar-refractivity contribution in [2.75, 3.05) is 0 Å². The molecule has 152 valence electrons. The summed E-state index contributed by atoms with van der Waals surface area (Å²) < 4.78 is 21.8. The first-order valence-electron chi connectivity index (χ1n) is 9.59. The van der Waals surface area contributed by atoms with Gasteiger partial charge in [-0.25, -0.2) is 4.39 Å². The van der Waals surface area contributed by atoms with Crippen LogP contribution in [0, 0.1) is 25.1 Å². The number of ketones is 1. The summed E-state index contributed by atoms with van der Waals surface area (Å²) in [4.78, 5) is 24.3. The van der Waals surface area contributed by atoms with E-state index in [4.69, 9.17) is 11.2 Å². The van der Waals surface area contributed by atoms with Crippen LogP contribution in [-0.2, 0) is 24.7 Å². The molecule has 30 heavy (non-hydrogen) atoms. The van der Waals surface area contributed by atoms with E-state index in [1.54, 1.807) is 56.6 Å². The average Bonchev–Trinajstić information content (AvgIpc) is 2.72. The number of Topliss-reactive ketones (excluding diaryl/α,β-unsaturated/α-hetero) is 1. The molecule has 0 aliphatic rings. The van der Waals surface area contributed by atoms with Crippen LogP contribution in [0.25, 0.3) is 11.1 Å². The van der Waals surface area contributed by atoms with Crippen molar-refractivity contribution >= 4 is 5.78 Å². The molecule has 0 unspecified atom stereocenters. The Kier molecular flexibility index (Phi) is 6.17. The van der Waals surface area contributed by atoms with Crippen molar-refractivity contribution < 1.29 is 13.9 Å². The fourth-order valence-electron chi connectivity index (χ4n) is 3.34. The van der Waals surface area contributed by atoms with Gasteiger partial charge in [-0.05, 0) is 54.7 Å². The normalized spacial score (nSPS) is 10.5. The maximum Gasteiger partial charge on any atom is 0.253 e. The van der Waals surface area contributed by atoms with Crippen molar-refractivity contribution in [2.45, 2.75) is 26.7 Å². The van der Waals surface area contributed by atoms with Crippen LogP contribution in [0.15, 0.2) is 53.5 Å². The van der Waals surface area contributed by atoms with Gasteiger partial charge in [-0.15, -0.1) is 6.42 Å². The van der Waals surface area contributed by atoms with E-state index in [1.807, 2.05) is 6.92 Å². The number of pyridine rings is 1. The van der Waals surface area contributed by atoms with Crippen molar-refractivity contribution in [1.29, 1.82) is 0 Å². The second-order valence-electron chi connectivity index (χ2n) is 7.09. The first-order valence-corrected chi connectivity index (χ1v) is 9.59. The summed E-state index contributed by atoms with van der Waals surface area (Å²) in [5.41, 5.74) is 3.25. The number of hydrogen-bond acceptors (Lipinski definition) is 3. The number of benzene rings is 2. The summed E-state index contributed by atoms with van der Waals surface area (Å²) >= 11 is 0.